The number of carbonyl (C=O) groups excluding carboxylic acids is 2. The highest BCUT2D eigenvalue weighted by Gasteiger charge is 2.71. The van der Waals surface area contributed by atoms with Crippen molar-refractivity contribution in [1.82, 2.24) is 0 Å². The number of fused-ring (bicyclic) bond motifs is 2. The molecule has 13 heteroatoms. The monoisotopic (exact) mass is 548 g/mol. The van der Waals surface area contributed by atoms with E-state index in [4.69, 9.17) is 28.0 Å². The molecule has 2 aliphatic rings. The van der Waals surface area contributed by atoms with Gasteiger partial charge in [-0.1, -0.05) is 49.1 Å². The Morgan fingerprint density at radius 3 is 2.16 bits per heavy atom. The van der Waals surface area contributed by atoms with Crippen molar-refractivity contribution in [3.05, 3.63) is 72.2 Å². The van der Waals surface area contributed by atoms with Crippen LogP contribution in [-0.2, 0) is 9.63 Å². The van der Waals surface area contributed by atoms with Gasteiger partial charge in [0.15, 0.2) is 0 Å². The maximum Gasteiger partial charge on any atom is 0.366 e. The van der Waals surface area contributed by atoms with Gasteiger partial charge in [0.25, 0.3) is 11.4 Å². The van der Waals surface area contributed by atoms with Crippen LogP contribution in [0.4, 0.5) is 17.1 Å². The van der Waals surface area contributed by atoms with Crippen LogP contribution in [0.2, 0.25) is 10.0 Å². The second-order valence-corrected chi connectivity index (χ2v) is 10.8. The molecule has 2 fully saturated rings. The van der Waals surface area contributed by atoms with Gasteiger partial charge in [0.1, 0.15) is 0 Å². The van der Waals surface area contributed by atoms with Crippen LogP contribution in [0.3, 0.4) is 0 Å². The topological polar surface area (TPSA) is 154 Å². The second-order valence-electron chi connectivity index (χ2n) is 9.97. The molecule has 2 aliphatic carbocycles. The number of oxime groups is 1. The van der Waals surface area contributed by atoms with Crippen molar-refractivity contribution in [2.45, 2.75) is 40.0 Å². The quantitative estimate of drug-likeness (QED) is 0.256. The summed E-state index contributed by atoms with van der Waals surface area (Å²) < 4.78 is 0. The number of nitrogens with zero attached hydrogens (tertiary/aromatic N) is 3. The van der Waals surface area contributed by atoms with Gasteiger partial charge in [0.05, 0.1) is 42.6 Å². The summed E-state index contributed by atoms with van der Waals surface area (Å²) in [6.45, 7) is 5.87. The van der Waals surface area contributed by atoms with E-state index in [1.807, 2.05) is 20.8 Å². The molecule has 2 saturated carbocycles. The van der Waals surface area contributed by atoms with Crippen LogP contribution < -0.4 is 5.32 Å². The molecule has 0 radical (unpaired) electrons. The zero-order chi connectivity index (χ0) is 27.3. The largest absolute Gasteiger partial charge is 0.366 e. The zero-order valence-electron chi connectivity index (χ0n) is 20.0. The Balaban J connectivity index is 1.61. The summed E-state index contributed by atoms with van der Waals surface area (Å²) in [6, 6.07) is 7.30. The summed E-state index contributed by atoms with van der Waals surface area (Å²) in [6.07, 6.45) is 1.40. The van der Waals surface area contributed by atoms with E-state index in [-0.39, 0.29) is 17.9 Å². The van der Waals surface area contributed by atoms with Crippen molar-refractivity contribution < 1.29 is 24.3 Å². The first-order valence-corrected chi connectivity index (χ1v) is 12.0. The lowest BCUT2D eigenvalue weighted by molar-refractivity contribution is -0.394. The predicted molar refractivity (Wildman–Crippen MR) is 136 cm³/mol. The van der Waals surface area contributed by atoms with E-state index in [9.17, 15) is 29.8 Å². The highest BCUT2D eigenvalue weighted by atomic mass is 35.5. The number of carbonyl (C=O) groups is 2. The number of nitro benzene ring substituents is 2. The molecule has 1 amide bonds. The Bertz CT molecular complexity index is 1360. The number of hydrogen-bond donors (Lipinski definition) is 1. The van der Waals surface area contributed by atoms with Crippen molar-refractivity contribution in [3.8, 4) is 0 Å². The van der Waals surface area contributed by atoms with Gasteiger partial charge in [-0.05, 0) is 36.5 Å². The summed E-state index contributed by atoms with van der Waals surface area (Å²) in [5, 5.41) is 29.9. The molecule has 11 nitrogen and oxygen atoms in total. The average Bonchev–Trinajstić information content (AvgIpc) is 3.15. The van der Waals surface area contributed by atoms with Crippen molar-refractivity contribution in [2.75, 3.05) is 5.32 Å². The lowest BCUT2D eigenvalue weighted by Crippen LogP contribution is -2.43. The summed E-state index contributed by atoms with van der Waals surface area (Å²) in [7, 11) is 0. The molecule has 2 aromatic rings. The Labute approximate surface area is 221 Å². The van der Waals surface area contributed by atoms with E-state index >= 15 is 0 Å². The van der Waals surface area contributed by atoms with E-state index < -0.39 is 43.4 Å². The van der Waals surface area contributed by atoms with Gasteiger partial charge in [0, 0.05) is 29.7 Å². The Hall–Kier alpha value is -3.57. The zero-order valence-corrected chi connectivity index (χ0v) is 21.6. The molecule has 0 saturated heterocycles. The molecule has 194 valence electrons. The number of amides is 1. The minimum Gasteiger partial charge on any atom is -0.326 e. The number of nitrogens with one attached hydrogen (secondary N) is 1. The summed E-state index contributed by atoms with van der Waals surface area (Å²) >= 11 is 12.1. The van der Waals surface area contributed by atoms with E-state index in [0.717, 1.165) is 18.2 Å². The Morgan fingerprint density at radius 2 is 1.59 bits per heavy atom. The van der Waals surface area contributed by atoms with Crippen molar-refractivity contribution >= 4 is 57.9 Å². The SMILES string of the molecule is CC12CCC(C(=O)Nc3ccc(Cl)c(Cl)c3)(CC1=NOC(=O)c1cc([N+](=O)[O-])cc([N+](=O)[O-])c1)C2(C)C. The number of benzene rings is 2. The lowest BCUT2D eigenvalue weighted by atomic mass is 9.64. The minimum absolute atomic E-state index is 0.214. The minimum atomic E-state index is -1.09. The van der Waals surface area contributed by atoms with Gasteiger partial charge in [-0.15, -0.1) is 0 Å². The van der Waals surface area contributed by atoms with Crippen molar-refractivity contribution in [1.29, 1.82) is 0 Å². The molecule has 2 aromatic carbocycles. The standard InChI is InChI=1S/C24H22Cl2N4O7/c1-22(2)23(3)6-7-24(22,21(32)27-14-4-5-17(25)18(26)10-14)12-19(23)28-37-20(31)13-8-15(29(33)34)11-16(9-13)30(35)36/h4-5,8-11H,6-7,12H2,1-3H3,(H,27,32). The first-order valence-electron chi connectivity index (χ1n) is 11.2. The highest BCUT2D eigenvalue weighted by molar-refractivity contribution is 6.42. The van der Waals surface area contributed by atoms with Gasteiger partial charge >= 0.3 is 5.97 Å². The van der Waals surface area contributed by atoms with Gasteiger partial charge in [-0.25, -0.2) is 4.79 Å². The molecule has 0 aliphatic heterocycles. The molecular formula is C24H22Cl2N4O7. The normalized spacial score (nSPS) is 24.6. The fourth-order valence-electron chi connectivity index (χ4n) is 5.42. The molecule has 37 heavy (non-hydrogen) atoms. The van der Waals surface area contributed by atoms with Crippen LogP contribution in [0.15, 0.2) is 41.6 Å². The average molecular weight is 549 g/mol. The first kappa shape index (κ1) is 26.5. The van der Waals surface area contributed by atoms with E-state index in [2.05, 4.69) is 10.5 Å². The van der Waals surface area contributed by atoms with E-state index in [0.29, 0.717) is 34.3 Å². The summed E-state index contributed by atoms with van der Waals surface area (Å²) in [4.78, 5) is 51.9. The number of nitro groups is 2. The van der Waals surface area contributed by atoms with Gasteiger partial charge in [0.2, 0.25) is 5.91 Å². The Kier molecular flexibility index (Phi) is 6.49. The number of hydrogen-bond acceptors (Lipinski definition) is 8. The van der Waals surface area contributed by atoms with Crippen molar-refractivity contribution in [3.63, 3.8) is 0 Å². The van der Waals surface area contributed by atoms with Crippen LogP contribution in [0.1, 0.15) is 50.4 Å². The lowest BCUT2D eigenvalue weighted by Gasteiger charge is -2.39. The molecule has 1 N–H and O–H groups in total. The third-order valence-corrected chi connectivity index (χ3v) is 8.88. The van der Waals surface area contributed by atoms with Crippen LogP contribution in [0.25, 0.3) is 0 Å². The molecule has 2 bridgehead atoms. The molecule has 4 rings (SSSR count). The van der Waals surface area contributed by atoms with Crippen LogP contribution >= 0.6 is 23.2 Å². The van der Waals surface area contributed by atoms with Crippen molar-refractivity contribution in [2.24, 2.45) is 21.4 Å². The number of rotatable bonds is 6. The van der Waals surface area contributed by atoms with Gasteiger partial charge in [-0.2, -0.15) is 0 Å². The second kappa shape index (κ2) is 9.07. The fourth-order valence-corrected chi connectivity index (χ4v) is 5.72. The van der Waals surface area contributed by atoms with E-state index in [1.54, 1.807) is 18.2 Å². The molecule has 0 aromatic heterocycles. The highest BCUT2D eigenvalue weighted by Crippen LogP contribution is 2.71. The van der Waals surface area contributed by atoms with Gasteiger partial charge in [-0.3, -0.25) is 25.0 Å². The summed E-state index contributed by atoms with van der Waals surface area (Å²) in [5.41, 5.74) is -2.68. The van der Waals surface area contributed by atoms with Crippen LogP contribution in [0.5, 0.6) is 0 Å². The molecule has 2 unspecified atom stereocenters. The maximum absolute atomic E-state index is 13.6. The molecular weight excluding hydrogens is 527 g/mol. The van der Waals surface area contributed by atoms with E-state index in [1.165, 1.54) is 0 Å². The Morgan fingerprint density at radius 1 is 0.973 bits per heavy atom. The third-order valence-electron chi connectivity index (χ3n) is 8.14. The maximum atomic E-state index is 13.6. The van der Waals surface area contributed by atoms with Crippen LogP contribution in [-0.4, -0.2) is 27.4 Å². The number of non-ortho nitro benzene ring substituents is 2. The number of anilines is 1. The predicted octanol–water partition coefficient (Wildman–Crippen LogP) is 6.18. The molecule has 2 atom stereocenters. The first-order chi connectivity index (χ1) is 17.2. The smallest absolute Gasteiger partial charge is 0.326 e. The summed E-state index contributed by atoms with van der Waals surface area (Å²) in [5.74, 6) is -1.32. The number of halogens is 2. The van der Waals surface area contributed by atoms with Crippen LogP contribution in [0, 0.1) is 36.5 Å². The molecule has 0 heterocycles. The third kappa shape index (κ3) is 4.21. The fraction of sp³-hybridized carbons (Fsp3) is 0.375. The molecule has 0 spiro atoms. The van der Waals surface area contributed by atoms with Gasteiger partial charge < -0.3 is 10.2 Å².